The summed E-state index contributed by atoms with van der Waals surface area (Å²) < 4.78 is 5.22. The zero-order valence-electron chi connectivity index (χ0n) is 12.7. The first-order valence-electron chi connectivity index (χ1n) is 6.97. The molecule has 0 aliphatic rings. The number of ether oxygens (including phenoxy) is 1. The predicted octanol–water partition coefficient (Wildman–Crippen LogP) is 2.09. The average Bonchev–Trinajstić information content (AvgIpc) is 2.92. The molecule has 3 N–H and O–H groups in total. The standard InChI is InChI=1S/C15H22N4O2/c1-15(2,3)14-11(9-18-19-14)8-16-12-4-5-13(17-10-12)21-7-6-20/h4-5,9-10,16,20H,6-8H2,1-3H3,(H,18,19). The van der Waals surface area contributed by atoms with Crippen LogP contribution in [0.3, 0.4) is 0 Å². The molecule has 2 rings (SSSR count). The summed E-state index contributed by atoms with van der Waals surface area (Å²) in [6.07, 6.45) is 3.56. The lowest BCUT2D eigenvalue weighted by molar-refractivity contribution is 0.196. The molecular formula is C15H22N4O2. The minimum absolute atomic E-state index is 0.0161. The van der Waals surface area contributed by atoms with E-state index in [2.05, 4.69) is 41.3 Å². The second-order valence-corrected chi connectivity index (χ2v) is 5.83. The molecule has 0 bridgehead atoms. The molecule has 0 unspecified atom stereocenters. The number of pyridine rings is 1. The zero-order chi connectivity index (χ0) is 15.3. The van der Waals surface area contributed by atoms with Crippen LogP contribution in [0.25, 0.3) is 0 Å². The normalized spacial score (nSPS) is 11.4. The largest absolute Gasteiger partial charge is 0.475 e. The fourth-order valence-corrected chi connectivity index (χ4v) is 2.01. The lowest BCUT2D eigenvalue weighted by Gasteiger charge is -2.18. The van der Waals surface area contributed by atoms with E-state index in [9.17, 15) is 0 Å². The molecule has 21 heavy (non-hydrogen) atoms. The van der Waals surface area contributed by atoms with Crippen LogP contribution in [-0.4, -0.2) is 33.5 Å². The van der Waals surface area contributed by atoms with Crippen molar-refractivity contribution in [2.75, 3.05) is 18.5 Å². The molecule has 2 aromatic heterocycles. The molecule has 0 aliphatic heterocycles. The van der Waals surface area contributed by atoms with Crippen LogP contribution in [0.4, 0.5) is 5.69 Å². The van der Waals surface area contributed by atoms with E-state index in [0.717, 1.165) is 16.9 Å². The number of aliphatic hydroxyl groups is 1. The first-order valence-corrected chi connectivity index (χ1v) is 6.97. The molecule has 2 aromatic rings. The molecule has 2 heterocycles. The summed E-state index contributed by atoms with van der Waals surface area (Å²) in [7, 11) is 0. The Morgan fingerprint density at radius 2 is 2.10 bits per heavy atom. The van der Waals surface area contributed by atoms with E-state index in [-0.39, 0.29) is 18.6 Å². The van der Waals surface area contributed by atoms with E-state index in [1.165, 1.54) is 0 Å². The topological polar surface area (TPSA) is 83.1 Å². The fraction of sp³-hybridized carbons (Fsp3) is 0.467. The van der Waals surface area contributed by atoms with Gasteiger partial charge in [-0.15, -0.1) is 0 Å². The summed E-state index contributed by atoms with van der Waals surface area (Å²) >= 11 is 0. The summed E-state index contributed by atoms with van der Waals surface area (Å²) in [6.45, 7) is 7.37. The Labute approximate surface area is 124 Å². The number of aromatic nitrogens is 3. The third kappa shape index (κ3) is 4.19. The first-order chi connectivity index (χ1) is 10.0. The van der Waals surface area contributed by atoms with Crippen LogP contribution in [0.15, 0.2) is 24.5 Å². The van der Waals surface area contributed by atoms with Crippen molar-refractivity contribution in [2.45, 2.75) is 32.7 Å². The van der Waals surface area contributed by atoms with Gasteiger partial charge in [0.1, 0.15) is 6.61 Å². The van der Waals surface area contributed by atoms with Gasteiger partial charge in [0.2, 0.25) is 5.88 Å². The number of anilines is 1. The van der Waals surface area contributed by atoms with Gasteiger partial charge in [0.15, 0.2) is 0 Å². The molecule has 114 valence electrons. The van der Waals surface area contributed by atoms with Gasteiger partial charge >= 0.3 is 0 Å². The van der Waals surface area contributed by atoms with Crippen LogP contribution in [-0.2, 0) is 12.0 Å². The highest BCUT2D eigenvalue weighted by molar-refractivity contribution is 5.43. The molecule has 0 radical (unpaired) electrons. The van der Waals surface area contributed by atoms with Crippen LogP contribution < -0.4 is 10.1 Å². The third-order valence-corrected chi connectivity index (χ3v) is 3.03. The van der Waals surface area contributed by atoms with E-state index in [0.29, 0.717) is 12.4 Å². The first kappa shape index (κ1) is 15.3. The summed E-state index contributed by atoms with van der Waals surface area (Å²) in [4.78, 5) is 4.17. The smallest absolute Gasteiger partial charge is 0.213 e. The zero-order valence-corrected chi connectivity index (χ0v) is 12.7. The maximum Gasteiger partial charge on any atom is 0.213 e. The van der Waals surface area contributed by atoms with E-state index < -0.39 is 0 Å². The van der Waals surface area contributed by atoms with Gasteiger partial charge in [0, 0.05) is 29.3 Å². The lowest BCUT2D eigenvalue weighted by Crippen LogP contribution is -2.15. The Kier molecular flexibility index (Phi) is 4.80. The molecule has 0 atom stereocenters. The summed E-state index contributed by atoms with van der Waals surface area (Å²) in [5.74, 6) is 0.508. The van der Waals surface area contributed by atoms with Gasteiger partial charge < -0.3 is 15.2 Å². The molecule has 0 saturated heterocycles. The summed E-state index contributed by atoms with van der Waals surface area (Å²) in [5, 5.41) is 19.2. The van der Waals surface area contributed by atoms with Crippen LogP contribution in [0.5, 0.6) is 5.88 Å². The van der Waals surface area contributed by atoms with Crippen LogP contribution >= 0.6 is 0 Å². The predicted molar refractivity (Wildman–Crippen MR) is 81.4 cm³/mol. The maximum atomic E-state index is 8.69. The van der Waals surface area contributed by atoms with Gasteiger partial charge in [-0.1, -0.05) is 20.8 Å². The molecule has 6 heteroatoms. The number of hydrogen-bond acceptors (Lipinski definition) is 5. The SMILES string of the molecule is CC(C)(C)c1[nH]ncc1CNc1ccc(OCCO)nc1. The molecule has 0 fully saturated rings. The molecular weight excluding hydrogens is 268 g/mol. The number of H-pyrrole nitrogens is 1. The molecule has 0 spiro atoms. The fourth-order valence-electron chi connectivity index (χ4n) is 2.01. The van der Waals surface area contributed by atoms with E-state index in [1.807, 2.05) is 12.3 Å². The van der Waals surface area contributed by atoms with Gasteiger partial charge in [-0.2, -0.15) is 5.10 Å². The number of hydrogen-bond donors (Lipinski definition) is 3. The van der Waals surface area contributed by atoms with Crippen LogP contribution in [0, 0.1) is 0 Å². The van der Waals surface area contributed by atoms with Crippen LogP contribution in [0.1, 0.15) is 32.0 Å². The van der Waals surface area contributed by atoms with Crippen molar-refractivity contribution in [2.24, 2.45) is 0 Å². The third-order valence-electron chi connectivity index (χ3n) is 3.03. The summed E-state index contributed by atoms with van der Waals surface area (Å²) in [6, 6.07) is 3.68. The number of rotatable bonds is 6. The lowest BCUT2D eigenvalue weighted by atomic mass is 9.89. The molecule has 6 nitrogen and oxygen atoms in total. The summed E-state index contributed by atoms with van der Waals surface area (Å²) in [5.41, 5.74) is 3.22. The molecule has 0 aromatic carbocycles. The minimum atomic E-state index is -0.0161. The van der Waals surface area contributed by atoms with Gasteiger partial charge in [-0.05, 0) is 6.07 Å². The highest BCUT2D eigenvalue weighted by Gasteiger charge is 2.19. The highest BCUT2D eigenvalue weighted by atomic mass is 16.5. The van der Waals surface area contributed by atoms with Crippen molar-refractivity contribution in [3.05, 3.63) is 35.8 Å². The Morgan fingerprint density at radius 1 is 1.29 bits per heavy atom. The number of aromatic amines is 1. The van der Waals surface area contributed by atoms with Gasteiger partial charge in [-0.3, -0.25) is 5.10 Å². The number of aliphatic hydroxyl groups excluding tert-OH is 1. The van der Waals surface area contributed by atoms with Gasteiger partial charge in [-0.25, -0.2) is 4.98 Å². The van der Waals surface area contributed by atoms with Gasteiger partial charge in [0.25, 0.3) is 0 Å². The minimum Gasteiger partial charge on any atom is -0.475 e. The number of nitrogens with zero attached hydrogens (tertiary/aromatic N) is 2. The Bertz CT molecular complexity index is 558. The second kappa shape index (κ2) is 6.58. The second-order valence-electron chi connectivity index (χ2n) is 5.83. The van der Waals surface area contributed by atoms with Crippen molar-refractivity contribution in [1.29, 1.82) is 0 Å². The Balaban J connectivity index is 1.96. The Hall–Kier alpha value is -2.08. The van der Waals surface area contributed by atoms with Crippen molar-refractivity contribution >= 4 is 5.69 Å². The maximum absolute atomic E-state index is 8.69. The molecule has 0 amide bonds. The van der Waals surface area contributed by atoms with Crippen LogP contribution in [0.2, 0.25) is 0 Å². The van der Waals surface area contributed by atoms with E-state index >= 15 is 0 Å². The Morgan fingerprint density at radius 3 is 2.71 bits per heavy atom. The monoisotopic (exact) mass is 290 g/mol. The van der Waals surface area contributed by atoms with Crippen molar-refractivity contribution in [3.8, 4) is 5.88 Å². The number of nitrogens with one attached hydrogen (secondary N) is 2. The van der Waals surface area contributed by atoms with Crippen molar-refractivity contribution in [3.63, 3.8) is 0 Å². The quantitative estimate of drug-likeness (QED) is 0.758. The van der Waals surface area contributed by atoms with E-state index in [1.54, 1.807) is 12.3 Å². The van der Waals surface area contributed by atoms with E-state index in [4.69, 9.17) is 9.84 Å². The van der Waals surface area contributed by atoms with Crippen molar-refractivity contribution in [1.82, 2.24) is 15.2 Å². The molecule has 0 saturated carbocycles. The average molecular weight is 290 g/mol. The van der Waals surface area contributed by atoms with Crippen molar-refractivity contribution < 1.29 is 9.84 Å². The van der Waals surface area contributed by atoms with Gasteiger partial charge in [0.05, 0.1) is 24.7 Å². The molecule has 0 aliphatic carbocycles. The highest BCUT2D eigenvalue weighted by Crippen LogP contribution is 2.24.